The van der Waals surface area contributed by atoms with Gasteiger partial charge in [-0.15, -0.1) is 0 Å². The van der Waals surface area contributed by atoms with Gasteiger partial charge in [0.1, 0.15) is 5.78 Å². The lowest BCUT2D eigenvalue weighted by Crippen LogP contribution is -2.27. The molecule has 3 rings (SSSR count). The van der Waals surface area contributed by atoms with Gasteiger partial charge in [0.25, 0.3) is 0 Å². The maximum Gasteiger partial charge on any atom is 0.191 e. The van der Waals surface area contributed by atoms with Gasteiger partial charge < -0.3 is 4.74 Å². The van der Waals surface area contributed by atoms with Crippen molar-refractivity contribution in [3.8, 4) is 0 Å². The minimum absolute atomic E-state index is 0.0206. The zero-order chi connectivity index (χ0) is 16.8. The maximum atomic E-state index is 12.9. The first kappa shape index (κ1) is 16.6. The highest BCUT2D eigenvalue weighted by Crippen LogP contribution is 2.52. The van der Waals surface area contributed by atoms with Crippen LogP contribution in [0.3, 0.4) is 0 Å². The molecule has 23 heavy (non-hydrogen) atoms. The van der Waals surface area contributed by atoms with E-state index in [1.807, 2.05) is 19.1 Å². The Morgan fingerprint density at radius 1 is 1.13 bits per heavy atom. The molecule has 0 radical (unpaired) electrons. The summed E-state index contributed by atoms with van der Waals surface area (Å²) in [7, 11) is 0. The van der Waals surface area contributed by atoms with Crippen LogP contribution in [0.25, 0.3) is 0 Å². The lowest BCUT2D eigenvalue weighted by molar-refractivity contribution is -0.123. The van der Waals surface area contributed by atoms with E-state index in [-0.39, 0.29) is 17.0 Å². The molecule has 1 heterocycles. The number of ether oxygens (including phenoxy) is 1. The van der Waals surface area contributed by atoms with Crippen molar-refractivity contribution >= 4 is 27.5 Å². The van der Waals surface area contributed by atoms with Gasteiger partial charge in [-0.1, -0.05) is 29.8 Å². The van der Waals surface area contributed by atoms with E-state index in [1.54, 1.807) is 12.1 Å². The Labute approximate surface area is 145 Å². The molecule has 1 unspecified atom stereocenters. The van der Waals surface area contributed by atoms with Gasteiger partial charge in [0, 0.05) is 22.0 Å². The molecule has 0 spiro atoms. The molecule has 1 aromatic carbocycles. The highest BCUT2D eigenvalue weighted by Gasteiger charge is 2.51. The summed E-state index contributed by atoms with van der Waals surface area (Å²) in [6, 6.07) is 7.32. The van der Waals surface area contributed by atoms with Crippen LogP contribution >= 0.6 is 15.9 Å². The standard InChI is InChI=1S/C19H21BrO3/c1-18(2)8-16(21)19(3,11-18)15-10-23-9-14(15)17(22)12-4-6-13(20)7-5-12/h4-7H,8-11H2,1-3H3. The van der Waals surface area contributed by atoms with Gasteiger partial charge >= 0.3 is 0 Å². The van der Waals surface area contributed by atoms with Crippen LogP contribution in [0, 0.1) is 10.8 Å². The fourth-order valence-electron chi connectivity index (χ4n) is 3.92. The third-order valence-electron chi connectivity index (χ3n) is 4.99. The van der Waals surface area contributed by atoms with Gasteiger partial charge in [-0.25, -0.2) is 0 Å². The monoisotopic (exact) mass is 376 g/mol. The Bertz CT molecular complexity index is 700. The zero-order valence-electron chi connectivity index (χ0n) is 13.7. The fourth-order valence-corrected chi connectivity index (χ4v) is 4.19. The Morgan fingerprint density at radius 3 is 2.35 bits per heavy atom. The summed E-state index contributed by atoms with van der Waals surface area (Å²) in [4.78, 5) is 25.5. The average Bonchev–Trinajstić information content (AvgIpc) is 3.03. The largest absolute Gasteiger partial charge is 0.372 e. The summed E-state index contributed by atoms with van der Waals surface area (Å²) >= 11 is 3.38. The topological polar surface area (TPSA) is 43.4 Å². The number of carbonyl (C=O) groups excluding carboxylic acids is 2. The van der Waals surface area contributed by atoms with Gasteiger partial charge in [0.2, 0.25) is 0 Å². The fraction of sp³-hybridized carbons (Fsp3) is 0.474. The molecule has 0 bridgehead atoms. The van der Waals surface area contributed by atoms with Crippen molar-refractivity contribution in [3.05, 3.63) is 45.4 Å². The highest BCUT2D eigenvalue weighted by molar-refractivity contribution is 9.10. The molecule has 1 fully saturated rings. The van der Waals surface area contributed by atoms with Crippen molar-refractivity contribution in [2.75, 3.05) is 13.2 Å². The first-order valence-corrected chi connectivity index (χ1v) is 8.66. The van der Waals surface area contributed by atoms with Crippen LogP contribution in [0.4, 0.5) is 0 Å². The van der Waals surface area contributed by atoms with Crippen molar-refractivity contribution in [1.82, 2.24) is 0 Å². The molecule has 1 aromatic rings. The Morgan fingerprint density at radius 2 is 1.78 bits per heavy atom. The third-order valence-corrected chi connectivity index (χ3v) is 5.52. The first-order chi connectivity index (χ1) is 10.7. The lowest BCUT2D eigenvalue weighted by atomic mass is 9.75. The van der Waals surface area contributed by atoms with Crippen LogP contribution in [0.5, 0.6) is 0 Å². The smallest absolute Gasteiger partial charge is 0.191 e. The Kier molecular flexibility index (Phi) is 4.09. The second-order valence-corrected chi connectivity index (χ2v) is 8.47. The van der Waals surface area contributed by atoms with Crippen molar-refractivity contribution < 1.29 is 14.3 Å². The summed E-state index contributed by atoms with van der Waals surface area (Å²) in [5, 5.41) is 0. The number of benzene rings is 1. The van der Waals surface area contributed by atoms with Gasteiger partial charge in [0.15, 0.2) is 5.78 Å². The summed E-state index contributed by atoms with van der Waals surface area (Å²) in [6.45, 7) is 6.89. The predicted molar refractivity (Wildman–Crippen MR) is 92.4 cm³/mol. The molecule has 4 heteroatoms. The van der Waals surface area contributed by atoms with Crippen LogP contribution in [-0.2, 0) is 9.53 Å². The molecule has 1 atom stereocenters. The van der Waals surface area contributed by atoms with Gasteiger partial charge in [-0.05, 0) is 48.6 Å². The molecule has 2 aliphatic rings. The predicted octanol–water partition coefficient (Wildman–Crippen LogP) is 4.35. The summed E-state index contributed by atoms with van der Waals surface area (Å²) in [5.74, 6) is 0.202. The van der Waals surface area contributed by atoms with Gasteiger partial charge in [0.05, 0.1) is 18.6 Å². The van der Waals surface area contributed by atoms with Crippen molar-refractivity contribution in [1.29, 1.82) is 0 Å². The van der Waals surface area contributed by atoms with E-state index in [2.05, 4.69) is 29.8 Å². The molecule has 3 nitrogen and oxygen atoms in total. The number of Topliss-reactive ketones (excluding diaryl/α,β-unsaturated/α-hetero) is 2. The van der Waals surface area contributed by atoms with E-state index in [9.17, 15) is 9.59 Å². The SMILES string of the molecule is CC1(C)CC(=O)C(C)(C2=C(C(=O)c3ccc(Br)cc3)COC2)C1. The van der Waals surface area contributed by atoms with Gasteiger partial charge in [-0.3, -0.25) is 9.59 Å². The molecule has 0 amide bonds. The van der Waals surface area contributed by atoms with Crippen LogP contribution in [-0.4, -0.2) is 24.8 Å². The number of hydrogen-bond donors (Lipinski definition) is 0. The zero-order valence-corrected chi connectivity index (χ0v) is 15.3. The van der Waals surface area contributed by atoms with Gasteiger partial charge in [-0.2, -0.15) is 0 Å². The quantitative estimate of drug-likeness (QED) is 0.736. The van der Waals surface area contributed by atoms with Crippen LogP contribution in [0.1, 0.15) is 44.0 Å². The van der Waals surface area contributed by atoms with E-state index in [4.69, 9.17) is 4.74 Å². The number of ketones is 2. The molecule has 1 aliphatic carbocycles. The van der Waals surface area contributed by atoms with E-state index < -0.39 is 5.41 Å². The average molecular weight is 377 g/mol. The highest BCUT2D eigenvalue weighted by atomic mass is 79.9. The van der Waals surface area contributed by atoms with Crippen LogP contribution in [0.15, 0.2) is 39.9 Å². The van der Waals surface area contributed by atoms with E-state index >= 15 is 0 Å². The molecular weight excluding hydrogens is 356 g/mol. The number of rotatable bonds is 3. The molecule has 122 valence electrons. The van der Waals surface area contributed by atoms with E-state index in [0.29, 0.717) is 30.8 Å². The third kappa shape index (κ3) is 2.94. The molecule has 0 N–H and O–H groups in total. The van der Waals surface area contributed by atoms with Crippen molar-refractivity contribution in [2.45, 2.75) is 33.6 Å². The molecule has 1 aliphatic heterocycles. The molecule has 0 saturated heterocycles. The summed E-state index contributed by atoms with van der Waals surface area (Å²) in [5.41, 5.74) is 1.61. The minimum Gasteiger partial charge on any atom is -0.372 e. The number of carbonyl (C=O) groups is 2. The van der Waals surface area contributed by atoms with E-state index in [0.717, 1.165) is 16.5 Å². The Balaban J connectivity index is 2.00. The minimum atomic E-state index is -0.569. The summed E-state index contributed by atoms with van der Waals surface area (Å²) in [6.07, 6.45) is 1.33. The molecule has 1 saturated carbocycles. The summed E-state index contributed by atoms with van der Waals surface area (Å²) < 4.78 is 6.51. The van der Waals surface area contributed by atoms with Crippen molar-refractivity contribution in [2.24, 2.45) is 10.8 Å². The second-order valence-electron chi connectivity index (χ2n) is 7.56. The molecule has 0 aromatic heterocycles. The van der Waals surface area contributed by atoms with E-state index in [1.165, 1.54) is 0 Å². The van der Waals surface area contributed by atoms with Crippen LogP contribution < -0.4 is 0 Å². The van der Waals surface area contributed by atoms with Crippen molar-refractivity contribution in [3.63, 3.8) is 0 Å². The number of halogens is 1. The lowest BCUT2D eigenvalue weighted by Gasteiger charge is -2.27. The van der Waals surface area contributed by atoms with Crippen LogP contribution in [0.2, 0.25) is 0 Å². The second kappa shape index (κ2) is 5.67. The normalized spacial score (nSPS) is 26.9. The first-order valence-electron chi connectivity index (χ1n) is 7.87. The maximum absolute atomic E-state index is 12.9. The molecular formula is C19H21BrO3. The number of hydrogen-bond acceptors (Lipinski definition) is 3. The Hall–Kier alpha value is -1.26.